The summed E-state index contributed by atoms with van der Waals surface area (Å²) in [6, 6.07) is 9.10. The van der Waals surface area contributed by atoms with Crippen LogP contribution in [0, 0.1) is 0 Å². The number of alkyl halides is 3. The number of phenols is 1. The molecule has 0 aliphatic rings. The first kappa shape index (κ1) is 23.0. The van der Waals surface area contributed by atoms with Crippen LogP contribution in [-0.2, 0) is 23.3 Å². The molecule has 0 heterocycles. The zero-order valence-corrected chi connectivity index (χ0v) is 18.4. The van der Waals surface area contributed by atoms with Gasteiger partial charge >= 0.3 is 0 Å². The summed E-state index contributed by atoms with van der Waals surface area (Å²) in [5.41, 5.74) is 0.542. The van der Waals surface area contributed by atoms with Gasteiger partial charge in [-0.3, -0.25) is 0 Å². The van der Waals surface area contributed by atoms with Gasteiger partial charge in [-0.15, -0.1) is 0 Å². The summed E-state index contributed by atoms with van der Waals surface area (Å²) in [5.74, 6) is 0.156. The minimum Gasteiger partial charge on any atom is -0.508 e. The molecule has 0 fully saturated rings. The molecule has 0 amide bonds. The van der Waals surface area contributed by atoms with Crippen molar-refractivity contribution in [2.24, 2.45) is 0 Å². The second-order valence-corrected chi connectivity index (χ2v) is 11.2. The van der Waals surface area contributed by atoms with E-state index in [4.69, 9.17) is 39.9 Å². The minimum absolute atomic E-state index is 0. The summed E-state index contributed by atoms with van der Waals surface area (Å²) in [7, 11) is -1.67. The summed E-state index contributed by atoms with van der Waals surface area (Å²) in [5, 5.41) is 8.89. The van der Waals surface area contributed by atoms with E-state index in [1.165, 1.54) is 12.1 Å². The summed E-state index contributed by atoms with van der Waals surface area (Å²) < 4.78 is -1.41. The Morgan fingerprint density at radius 3 is 1.50 bits per heavy atom. The fraction of sp³-hybridized carbons (Fsp3) is 0.538. The van der Waals surface area contributed by atoms with Crippen molar-refractivity contribution in [2.45, 2.75) is 42.7 Å². The Bertz CT molecular complexity index is 357. The van der Waals surface area contributed by atoms with Crippen LogP contribution in [0.2, 0.25) is 18.1 Å². The van der Waals surface area contributed by atoms with Crippen molar-refractivity contribution in [2.75, 3.05) is 0 Å². The van der Waals surface area contributed by atoms with Crippen LogP contribution < -0.4 is 0 Å². The van der Waals surface area contributed by atoms with E-state index in [1.807, 2.05) is 0 Å². The van der Waals surface area contributed by atoms with Gasteiger partial charge in [0.1, 0.15) is 5.75 Å². The van der Waals surface area contributed by atoms with Gasteiger partial charge in [0.15, 0.2) is 8.32 Å². The van der Waals surface area contributed by atoms with Crippen LogP contribution in [0.15, 0.2) is 24.3 Å². The number of aromatic hydroxyl groups is 1. The predicted octanol–water partition coefficient (Wildman–Crippen LogP) is 5.20. The van der Waals surface area contributed by atoms with Crippen molar-refractivity contribution < 1.29 is 29.4 Å². The minimum atomic E-state index is -1.67. The van der Waals surface area contributed by atoms with Crippen LogP contribution in [0.5, 0.6) is 5.75 Å². The molecule has 2 N–H and O–H groups in total. The molecule has 1 aromatic carbocycles. The summed E-state index contributed by atoms with van der Waals surface area (Å²) in [4.78, 5) is 9.58. The molecule has 0 aliphatic heterocycles. The number of hydrogen-bond acceptors (Lipinski definition) is 2. The Balaban J connectivity index is 0. The summed E-state index contributed by atoms with van der Waals surface area (Å²) in [6.07, 6.45) is 0. The zero-order chi connectivity index (χ0) is 15.1. The van der Waals surface area contributed by atoms with Crippen molar-refractivity contribution in [3.63, 3.8) is 0 Å². The molecular formula is C13H21Cl3O2SiZn. The first-order chi connectivity index (χ1) is 8.68. The smallest absolute Gasteiger partial charge is 0.216 e. The molecule has 0 atom stereocenters. The molecule has 0 unspecified atom stereocenters. The van der Waals surface area contributed by atoms with Crippen LogP contribution in [0.3, 0.4) is 0 Å². The standard InChI is InChI=1S/C7H5Cl3O.C6H16OSi.Zn/c8-7(9,10)5-1-3-6(11)4-2-5;1-4-8(7,5-2)6-3;/h1-4,11H;7H,4-6H2,1-3H3;. The van der Waals surface area contributed by atoms with Gasteiger partial charge in [-0.1, -0.05) is 67.7 Å². The first-order valence-corrected chi connectivity index (χ1v) is 9.97. The maximum Gasteiger partial charge on any atom is 0.216 e. The van der Waals surface area contributed by atoms with Gasteiger partial charge in [0.05, 0.1) is 0 Å². The van der Waals surface area contributed by atoms with E-state index < -0.39 is 12.1 Å². The second kappa shape index (κ2) is 10.4. The second-order valence-electron chi connectivity index (χ2n) is 4.33. The van der Waals surface area contributed by atoms with Gasteiger partial charge in [-0.25, -0.2) is 0 Å². The topological polar surface area (TPSA) is 40.5 Å². The van der Waals surface area contributed by atoms with Gasteiger partial charge in [0.25, 0.3) is 0 Å². The average Bonchev–Trinajstić information content (AvgIpc) is 2.38. The normalized spacial score (nSPS) is 11.2. The molecule has 0 saturated heterocycles. The quantitative estimate of drug-likeness (QED) is 0.532. The van der Waals surface area contributed by atoms with E-state index in [0.29, 0.717) is 5.56 Å². The molecule has 2 nitrogen and oxygen atoms in total. The van der Waals surface area contributed by atoms with Crippen molar-refractivity contribution in [1.82, 2.24) is 0 Å². The van der Waals surface area contributed by atoms with Gasteiger partial charge in [0, 0.05) is 25.0 Å². The molecule has 1 rings (SSSR count). The monoisotopic (exact) mass is 406 g/mol. The van der Waals surface area contributed by atoms with E-state index >= 15 is 0 Å². The van der Waals surface area contributed by atoms with E-state index in [-0.39, 0.29) is 25.2 Å². The Hall–Kier alpha value is 0.690. The molecule has 0 spiro atoms. The predicted molar refractivity (Wildman–Crippen MR) is 86.8 cm³/mol. The van der Waals surface area contributed by atoms with Gasteiger partial charge < -0.3 is 9.90 Å². The van der Waals surface area contributed by atoms with Crippen LogP contribution in [0.25, 0.3) is 0 Å². The van der Waals surface area contributed by atoms with Gasteiger partial charge in [0.2, 0.25) is 3.79 Å². The third kappa shape index (κ3) is 8.86. The van der Waals surface area contributed by atoms with Crippen LogP contribution in [0.1, 0.15) is 26.3 Å². The van der Waals surface area contributed by atoms with E-state index in [0.717, 1.165) is 18.1 Å². The molecular weight excluding hydrogens is 388 g/mol. The van der Waals surface area contributed by atoms with E-state index in [9.17, 15) is 4.80 Å². The molecule has 0 saturated carbocycles. The first-order valence-electron chi connectivity index (χ1n) is 6.27. The Labute approximate surface area is 150 Å². The number of phenolic OH excluding ortho intramolecular Hbond substituents is 1. The molecule has 0 bridgehead atoms. The van der Waals surface area contributed by atoms with Crippen LogP contribution in [-0.4, -0.2) is 18.2 Å². The largest absolute Gasteiger partial charge is 0.508 e. The molecule has 0 radical (unpaired) electrons. The number of halogens is 3. The van der Waals surface area contributed by atoms with Gasteiger partial charge in [-0.05, 0) is 30.3 Å². The number of rotatable bonds is 3. The summed E-state index contributed by atoms with van der Waals surface area (Å²) >= 11 is 16.7. The van der Waals surface area contributed by atoms with E-state index in [2.05, 4.69) is 20.8 Å². The molecule has 0 aliphatic carbocycles. The third-order valence-electron chi connectivity index (χ3n) is 3.17. The molecule has 112 valence electrons. The summed E-state index contributed by atoms with van der Waals surface area (Å²) in [6.45, 7) is 6.25. The van der Waals surface area contributed by atoms with Crippen molar-refractivity contribution in [3.8, 4) is 5.75 Å². The van der Waals surface area contributed by atoms with Crippen molar-refractivity contribution in [1.29, 1.82) is 0 Å². The molecule has 7 heteroatoms. The Morgan fingerprint density at radius 1 is 0.950 bits per heavy atom. The zero-order valence-electron chi connectivity index (χ0n) is 12.2. The molecule has 1 aromatic rings. The SMILES string of the molecule is CC[Si](O)(CC)CC.Oc1ccc(C(Cl)(Cl)Cl)cc1.[Zn]. The van der Waals surface area contributed by atoms with Crippen molar-refractivity contribution in [3.05, 3.63) is 29.8 Å². The Kier molecular flexibility index (Phi) is 12.0. The molecule has 0 aromatic heterocycles. The Morgan fingerprint density at radius 2 is 1.30 bits per heavy atom. The van der Waals surface area contributed by atoms with Crippen molar-refractivity contribution >= 4 is 43.1 Å². The molecule has 20 heavy (non-hydrogen) atoms. The van der Waals surface area contributed by atoms with Crippen LogP contribution in [0.4, 0.5) is 0 Å². The third-order valence-corrected chi connectivity index (χ3v) is 7.77. The average molecular weight is 409 g/mol. The number of hydrogen-bond donors (Lipinski definition) is 2. The fourth-order valence-electron chi connectivity index (χ4n) is 1.40. The van der Waals surface area contributed by atoms with Gasteiger partial charge in [-0.2, -0.15) is 0 Å². The maximum atomic E-state index is 9.58. The van der Waals surface area contributed by atoms with E-state index in [1.54, 1.807) is 12.1 Å². The number of benzene rings is 1. The maximum absolute atomic E-state index is 9.58. The van der Waals surface area contributed by atoms with Crippen LogP contribution >= 0.6 is 34.8 Å². The fourth-order valence-corrected chi connectivity index (χ4v) is 3.28.